The van der Waals surface area contributed by atoms with Gasteiger partial charge in [-0.25, -0.2) is 19.4 Å². The van der Waals surface area contributed by atoms with Gasteiger partial charge in [0.1, 0.15) is 16.1 Å². The molecule has 6 aromatic carbocycles. The molecule has 17 rings (SSSR count). The van der Waals surface area contributed by atoms with Crippen molar-refractivity contribution in [3.8, 4) is 16.9 Å². The number of carbonyl (C=O) groups is 8. The monoisotopic (exact) mass is 1670 g/mol. The maximum Gasteiger partial charge on any atom is 0.326 e. The first-order valence-corrected chi connectivity index (χ1v) is 44.8. The average Bonchev–Trinajstić information content (AvgIpc) is 1.59. The van der Waals surface area contributed by atoms with E-state index in [9.17, 15) is 43.2 Å². The number of thioether (sulfide) groups is 3. The number of fused-ring (bicyclic) bond motifs is 2. The van der Waals surface area contributed by atoms with E-state index in [0.717, 1.165) is 108 Å². The van der Waals surface area contributed by atoms with E-state index in [0.29, 0.717) is 102 Å². The van der Waals surface area contributed by atoms with Crippen LogP contribution < -0.4 is 16.3 Å². The zero-order valence-corrected chi connectivity index (χ0v) is 70.5. The molecule has 8 aromatic rings. The van der Waals surface area contributed by atoms with Gasteiger partial charge in [0.15, 0.2) is 0 Å². The predicted molar refractivity (Wildman–Crippen MR) is 465 cm³/mol. The Balaban J connectivity index is 0.000000146. The van der Waals surface area contributed by atoms with Crippen molar-refractivity contribution in [1.29, 1.82) is 0 Å². The molecule has 0 aliphatic carbocycles. The van der Waals surface area contributed by atoms with Crippen LogP contribution in [0.2, 0.25) is 5.02 Å². The molecular formula is C90H107ClN14O10S3. The number of aromatic amines is 1. The van der Waals surface area contributed by atoms with E-state index < -0.39 is 15.7 Å². The number of ether oxygens (including phenoxy) is 1. The topological polar surface area (TPSA) is 251 Å². The lowest BCUT2D eigenvalue weighted by atomic mass is 10.0. The van der Waals surface area contributed by atoms with Gasteiger partial charge in [0.2, 0.25) is 35.4 Å². The van der Waals surface area contributed by atoms with Gasteiger partial charge in [0.05, 0.1) is 39.6 Å². The highest BCUT2D eigenvalue weighted by Gasteiger charge is 2.48. The highest BCUT2D eigenvalue weighted by atomic mass is 35.5. The van der Waals surface area contributed by atoms with E-state index in [1.807, 2.05) is 196 Å². The molecule has 9 aliphatic heterocycles. The standard InChI is InChI=1S/C31H36N6O3S.C30H35ClN4O3S.C29H34N4O4S.H2/c1-21(2)18-37-29(39)27(41-30(37)24-8-4-6-10-26(24)35-16-13-32-20-35)17-28(38)34-14-11-23(12-15-34)36-19-22-7-3-5-9-25(22)33-31(36)40;1-20(2)12-17-34-28(37)26(39-29(34)22-8-10-23(31)11-9-22)18-27(36)33-15-13-24(14-16-33)35-19-25(32-30(35)38)21-6-4-3-5-7-21;34-26(31-14-12-22(13-15-31)32-18-21-9-4-5-11-24(21)30-29(32)36)17-25-27(35)33(19-23-10-6-16-37-23)28(38-25)20-7-2-1-3-8-20;/h3-10,13,16,20-21,23,27,30H,11-12,14-15,17-19H2,1-2H3,(H,33,40);3-11,19-20,24,26,29H,12-18H2,1-2H3,(H,32,38);1-5,7-9,11,22-23,25,28H,6,10,12-19H2,(H,30,36);1H. The number of imidazole rings is 2. The summed E-state index contributed by atoms with van der Waals surface area (Å²) in [5.41, 5.74) is 9.77. The van der Waals surface area contributed by atoms with E-state index in [1.54, 1.807) is 52.4 Å². The molecule has 0 saturated carbocycles. The van der Waals surface area contributed by atoms with Crippen LogP contribution in [0.5, 0.6) is 0 Å². The lowest BCUT2D eigenvalue weighted by molar-refractivity contribution is -0.137. The Morgan fingerprint density at radius 2 is 1.02 bits per heavy atom. The minimum atomic E-state index is -0.427. The second-order valence-electron chi connectivity index (χ2n) is 32.8. The number of likely N-dealkylation sites (tertiary alicyclic amines) is 3. The summed E-state index contributed by atoms with van der Waals surface area (Å²) in [4.78, 5) is 141. The molecule has 7 saturated heterocycles. The van der Waals surface area contributed by atoms with Crippen LogP contribution in [0.4, 0.5) is 21.0 Å². The van der Waals surface area contributed by atoms with Crippen molar-refractivity contribution in [2.45, 2.75) is 174 Å². The van der Waals surface area contributed by atoms with Gasteiger partial charge >= 0.3 is 17.8 Å². The fourth-order valence-corrected chi connectivity index (χ4v) is 22.0. The Morgan fingerprint density at radius 1 is 0.534 bits per heavy atom. The van der Waals surface area contributed by atoms with Gasteiger partial charge < -0.3 is 64.1 Å². The molecule has 9 aliphatic rings. The van der Waals surface area contributed by atoms with Gasteiger partial charge in [-0.15, -0.1) is 35.3 Å². The van der Waals surface area contributed by atoms with Gasteiger partial charge in [0.25, 0.3) is 0 Å². The second-order valence-corrected chi connectivity index (χ2v) is 37.1. The summed E-state index contributed by atoms with van der Waals surface area (Å²) in [6.07, 6.45) is 15.2. The molecular weight excluding hydrogens is 1570 g/mol. The molecule has 28 heteroatoms. The molecule has 24 nitrogen and oxygen atoms in total. The number of piperidine rings is 3. The van der Waals surface area contributed by atoms with E-state index in [-0.39, 0.29) is 114 Å². The summed E-state index contributed by atoms with van der Waals surface area (Å²) < 4.78 is 9.57. The van der Waals surface area contributed by atoms with Crippen LogP contribution in [0, 0.1) is 11.8 Å². The Morgan fingerprint density at radius 3 is 1.54 bits per heavy atom. The first kappa shape index (κ1) is 83.3. The number of para-hydroxylation sites is 3. The minimum Gasteiger partial charge on any atom is -0.376 e. The van der Waals surface area contributed by atoms with Crippen LogP contribution in [-0.2, 0) is 46.6 Å². The minimum absolute atomic E-state index is 0. The van der Waals surface area contributed by atoms with Crippen molar-refractivity contribution < 1.29 is 44.5 Å². The summed E-state index contributed by atoms with van der Waals surface area (Å²) >= 11 is 10.8. The Kier molecular flexibility index (Phi) is 26.9. The van der Waals surface area contributed by atoms with Crippen LogP contribution in [-0.4, -0.2) is 205 Å². The third-order valence-electron chi connectivity index (χ3n) is 23.9. The number of urea groups is 2. The van der Waals surface area contributed by atoms with Crippen LogP contribution in [0.1, 0.15) is 156 Å². The Bertz CT molecular complexity index is 4920. The van der Waals surface area contributed by atoms with Crippen molar-refractivity contribution in [2.75, 3.05) is 76.1 Å². The molecule has 7 atom stereocenters. The maximum absolute atomic E-state index is 13.7. The van der Waals surface area contributed by atoms with Gasteiger partial charge in [0, 0.05) is 158 Å². The number of anilines is 2. The normalized spacial score (nSPS) is 22.5. The number of hydrogen-bond donors (Lipinski definition) is 3. The van der Waals surface area contributed by atoms with E-state index in [1.165, 1.54) is 0 Å². The maximum atomic E-state index is 13.7. The number of rotatable bonds is 21. The number of carbonyl (C=O) groups excluding carboxylic acids is 8. The van der Waals surface area contributed by atoms with Gasteiger partial charge in [-0.05, 0) is 128 Å². The highest BCUT2D eigenvalue weighted by Crippen LogP contribution is 2.49. The van der Waals surface area contributed by atoms with E-state index in [2.05, 4.69) is 66.5 Å². The second kappa shape index (κ2) is 38.1. The molecule has 0 spiro atoms. The summed E-state index contributed by atoms with van der Waals surface area (Å²) in [6.45, 7) is 15.8. The molecule has 2 aromatic heterocycles. The van der Waals surface area contributed by atoms with Crippen LogP contribution in [0.15, 0.2) is 187 Å². The zero-order chi connectivity index (χ0) is 82.1. The molecule has 10 amide bonds. The SMILES string of the molecule is CC(C)CCN1C(=O)C(CC(=O)N2CCC(n3cc(-c4ccccc4)[nH]c3=O)CC2)SC1c1ccc(Cl)cc1.CC(C)CN1C(=O)C(CC(=O)N2CCC(N3Cc4ccccc4NC3=O)CC2)SC1c1ccccc1-n1ccnc1.O=C(CC1SC(c2ccccc2)N(CC2CCCO2)C1=O)N1CCC(N2Cc3ccccc3NC2=O)CC1.[HH]. The van der Waals surface area contributed by atoms with Crippen molar-refractivity contribution in [1.82, 2.24) is 58.3 Å². The summed E-state index contributed by atoms with van der Waals surface area (Å²) in [7, 11) is 0. The predicted octanol–water partition coefficient (Wildman–Crippen LogP) is 15.1. The number of nitrogens with one attached hydrogen (secondary N) is 3. The molecule has 118 heavy (non-hydrogen) atoms. The Labute approximate surface area is 708 Å². The average molecular weight is 1680 g/mol. The molecule has 7 unspecified atom stereocenters. The smallest absolute Gasteiger partial charge is 0.326 e. The highest BCUT2D eigenvalue weighted by molar-refractivity contribution is 8.01. The third-order valence-corrected chi connectivity index (χ3v) is 28.6. The van der Waals surface area contributed by atoms with Gasteiger partial charge in [-0.3, -0.25) is 33.3 Å². The van der Waals surface area contributed by atoms with Crippen molar-refractivity contribution in [3.63, 3.8) is 0 Å². The van der Waals surface area contributed by atoms with Crippen molar-refractivity contribution in [2.24, 2.45) is 11.8 Å². The van der Waals surface area contributed by atoms with Crippen LogP contribution in [0.3, 0.4) is 0 Å². The quantitative estimate of drug-likeness (QED) is 0.0605. The first-order valence-electron chi connectivity index (χ1n) is 41.6. The molecule has 11 heterocycles. The first-order chi connectivity index (χ1) is 57.2. The Hall–Kier alpha value is -9.80. The number of H-pyrrole nitrogens is 1. The largest absolute Gasteiger partial charge is 0.376 e. The van der Waals surface area contributed by atoms with Gasteiger partial charge in [-0.2, -0.15) is 0 Å². The molecule has 7 fully saturated rings. The number of benzene rings is 6. The summed E-state index contributed by atoms with van der Waals surface area (Å²) in [5, 5.41) is 5.05. The summed E-state index contributed by atoms with van der Waals surface area (Å²) in [5.74, 6) is 0.917. The van der Waals surface area contributed by atoms with Gasteiger partial charge in [-0.1, -0.05) is 167 Å². The van der Waals surface area contributed by atoms with Crippen molar-refractivity contribution >= 4 is 106 Å². The molecule has 0 radical (unpaired) electrons. The number of hydrogen-bond acceptors (Lipinski definition) is 14. The number of aromatic nitrogens is 4. The van der Waals surface area contributed by atoms with E-state index in [4.69, 9.17) is 16.3 Å². The third kappa shape index (κ3) is 19.4. The van der Waals surface area contributed by atoms with Crippen molar-refractivity contribution in [3.05, 3.63) is 226 Å². The number of nitrogens with zero attached hydrogens (tertiary/aromatic N) is 11. The summed E-state index contributed by atoms with van der Waals surface area (Å²) in [6, 6.07) is 51.4. The molecule has 622 valence electrons. The fourth-order valence-electron chi connectivity index (χ4n) is 17.5. The van der Waals surface area contributed by atoms with E-state index >= 15 is 0 Å². The molecule has 0 bridgehead atoms. The zero-order valence-electron chi connectivity index (χ0n) is 67.3. The lowest BCUT2D eigenvalue weighted by Crippen LogP contribution is -2.51. The van der Waals surface area contributed by atoms with Crippen LogP contribution in [0.25, 0.3) is 16.9 Å². The fraction of sp³-hybridized carbons (Fsp3) is 0.444. The molecule has 3 N–H and O–H groups in total. The number of amides is 10. The van der Waals surface area contributed by atoms with Crippen LogP contribution >= 0.6 is 46.9 Å². The number of halogens is 1. The lowest BCUT2D eigenvalue weighted by Gasteiger charge is -2.40.